The summed E-state index contributed by atoms with van der Waals surface area (Å²) in [5.74, 6) is 0.544. The second-order valence-corrected chi connectivity index (χ2v) is 8.60. The van der Waals surface area contributed by atoms with E-state index in [1.54, 1.807) is 36.7 Å². The highest BCUT2D eigenvalue weighted by atomic mass is 35.5. The van der Waals surface area contributed by atoms with Crippen LogP contribution in [0.4, 0.5) is 11.6 Å². The van der Waals surface area contributed by atoms with E-state index < -0.39 is 0 Å². The van der Waals surface area contributed by atoms with Crippen LogP contribution in [0.2, 0.25) is 5.02 Å². The van der Waals surface area contributed by atoms with Gasteiger partial charge in [0.1, 0.15) is 5.69 Å². The van der Waals surface area contributed by atoms with Gasteiger partial charge in [-0.15, -0.1) is 0 Å². The molecule has 1 aliphatic rings. The number of amides is 2. The van der Waals surface area contributed by atoms with Crippen molar-refractivity contribution >= 4 is 46.0 Å². The van der Waals surface area contributed by atoms with Crippen molar-refractivity contribution in [2.75, 3.05) is 36.4 Å². The maximum atomic E-state index is 12.8. The number of hydrogen-bond donors (Lipinski definition) is 2. The first-order chi connectivity index (χ1) is 16.5. The van der Waals surface area contributed by atoms with Crippen LogP contribution >= 0.6 is 11.6 Å². The molecule has 1 aliphatic heterocycles. The lowest BCUT2D eigenvalue weighted by molar-refractivity contribution is -0.130. The molecule has 2 N–H and O–H groups in total. The summed E-state index contributed by atoms with van der Waals surface area (Å²) in [4.78, 5) is 41.0. The van der Waals surface area contributed by atoms with Gasteiger partial charge >= 0.3 is 0 Å². The first kappa shape index (κ1) is 21.9. The van der Waals surface area contributed by atoms with Gasteiger partial charge in [0.25, 0.3) is 5.91 Å². The number of H-pyrrole nitrogens is 1. The van der Waals surface area contributed by atoms with E-state index in [2.05, 4.69) is 25.2 Å². The second-order valence-electron chi connectivity index (χ2n) is 8.16. The maximum absolute atomic E-state index is 12.8. The van der Waals surface area contributed by atoms with Crippen LogP contribution in [0.25, 0.3) is 10.9 Å². The van der Waals surface area contributed by atoms with Gasteiger partial charge in [-0.1, -0.05) is 29.8 Å². The first-order valence-electron chi connectivity index (χ1n) is 11.0. The summed E-state index contributed by atoms with van der Waals surface area (Å²) in [6.45, 7) is 2.70. The normalized spacial score (nSPS) is 13.8. The lowest BCUT2D eigenvalue weighted by Gasteiger charge is -2.34. The van der Waals surface area contributed by atoms with Crippen molar-refractivity contribution in [3.05, 3.63) is 83.3 Å². The fourth-order valence-electron chi connectivity index (χ4n) is 4.02. The fourth-order valence-corrected chi connectivity index (χ4v) is 4.19. The number of nitrogens with zero attached hydrogens (tertiary/aromatic N) is 4. The van der Waals surface area contributed by atoms with Gasteiger partial charge in [-0.2, -0.15) is 0 Å². The molecule has 4 aromatic rings. The van der Waals surface area contributed by atoms with Crippen molar-refractivity contribution in [1.82, 2.24) is 19.9 Å². The standard InChI is InChI=1S/C25H23ClN6O2/c26-19-5-4-18-15-22(30-21(18)16-19)24(34)29-20-6-2-17(3-7-20)14-23(33)31-10-12-32(13-11-31)25-27-8-1-9-28-25/h1-9,15-16,30H,10-14H2,(H,29,34). The van der Waals surface area contributed by atoms with Crippen molar-refractivity contribution in [1.29, 1.82) is 0 Å². The molecule has 1 fully saturated rings. The zero-order valence-electron chi connectivity index (χ0n) is 18.4. The first-order valence-corrected chi connectivity index (χ1v) is 11.4. The molecule has 0 aliphatic carbocycles. The number of nitrogens with one attached hydrogen (secondary N) is 2. The quantitative estimate of drug-likeness (QED) is 0.459. The molecule has 0 radical (unpaired) electrons. The predicted octanol–water partition coefficient (Wildman–Crippen LogP) is 3.75. The van der Waals surface area contributed by atoms with E-state index in [9.17, 15) is 9.59 Å². The number of aromatic nitrogens is 3. The van der Waals surface area contributed by atoms with Crippen LogP contribution in [0.3, 0.4) is 0 Å². The van der Waals surface area contributed by atoms with E-state index >= 15 is 0 Å². The molecule has 3 heterocycles. The molecule has 2 aromatic carbocycles. The van der Waals surface area contributed by atoms with Gasteiger partial charge in [-0.25, -0.2) is 9.97 Å². The monoisotopic (exact) mass is 474 g/mol. The average Bonchev–Trinajstić information content (AvgIpc) is 3.29. The third kappa shape index (κ3) is 4.87. The lowest BCUT2D eigenvalue weighted by Crippen LogP contribution is -2.49. The summed E-state index contributed by atoms with van der Waals surface area (Å²) in [7, 11) is 0. The highest BCUT2D eigenvalue weighted by Crippen LogP contribution is 2.21. The molecule has 2 aromatic heterocycles. The molecular formula is C25H23ClN6O2. The van der Waals surface area contributed by atoms with Crippen LogP contribution in [0.15, 0.2) is 67.0 Å². The Hall–Kier alpha value is -3.91. The number of piperazine rings is 1. The number of carbonyl (C=O) groups is 2. The smallest absolute Gasteiger partial charge is 0.272 e. The SMILES string of the molecule is O=C(Nc1ccc(CC(=O)N2CCN(c3ncccn3)CC2)cc1)c1cc2ccc(Cl)cc2[nH]1. The highest BCUT2D eigenvalue weighted by Gasteiger charge is 2.22. The van der Waals surface area contributed by atoms with Gasteiger partial charge in [0.05, 0.1) is 6.42 Å². The number of halogens is 1. The third-order valence-electron chi connectivity index (χ3n) is 5.86. The minimum atomic E-state index is -0.239. The number of benzene rings is 2. The molecule has 0 saturated carbocycles. The van der Waals surface area contributed by atoms with E-state index in [-0.39, 0.29) is 11.8 Å². The van der Waals surface area contributed by atoms with Crippen LogP contribution in [-0.2, 0) is 11.2 Å². The molecule has 0 unspecified atom stereocenters. The zero-order chi connectivity index (χ0) is 23.5. The summed E-state index contributed by atoms with van der Waals surface area (Å²) in [5, 5.41) is 4.41. The minimum absolute atomic E-state index is 0.0853. The van der Waals surface area contributed by atoms with Gasteiger partial charge in [-0.3, -0.25) is 9.59 Å². The molecule has 34 heavy (non-hydrogen) atoms. The van der Waals surface area contributed by atoms with Crippen molar-refractivity contribution in [3.63, 3.8) is 0 Å². The zero-order valence-corrected chi connectivity index (χ0v) is 19.1. The average molecular weight is 475 g/mol. The van der Waals surface area contributed by atoms with Crippen LogP contribution in [-0.4, -0.2) is 57.8 Å². The van der Waals surface area contributed by atoms with Crippen molar-refractivity contribution in [2.24, 2.45) is 0 Å². The Balaban J connectivity index is 1.15. The van der Waals surface area contributed by atoms with E-state index in [1.807, 2.05) is 35.2 Å². The van der Waals surface area contributed by atoms with Gasteiger partial charge in [-0.05, 0) is 42.0 Å². The summed E-state index contributed by atoms with van der Waals surface area (Å²) in [6.07, 6.45) is 3.77. The van der Waals surface area contributed by atoms with Gasteiger partial charge in [0.15, 0.2) is 0 Å². The predicted molar refractivity (Wildman–Crippen MR) is 132 cm³/mol. The molecule has 0 spiro atoms. The van der Waals surface area contributed by atoms with Crippen molar-refractivity contribution < 1.29 is 9.59 Å². The molecule has 8 nitrogen and oxygen atoms in total. The number of rotatable bonds is 5. The van der Waals surface area contributed by atoms with Crippen LogP contribution < -0.4 is 10.2 Å². The lowest BCUT2D eigenvalue weighted by atomic mass is 10.1. The number of anilines is 2. The molecule has 2 amide bonds. The van der Waals surface area contributed by atoms with E-state index in [0.717, 1.165) is 16.5 Å². The Morgan fingerprint density at radius 2 is 1.71 bits per heavy atom. The topological polar surface area (TPSA) is 94.2 Å². The summed E-state index contributed by atoms with van der Waals surface area (Å²) in [6, 6.07) is 16.4. The molecule has 0 bridgehead atoms. The molecule has 0 atom stereocenters. The van der Waals surface area contributed by atoms with Crippen molar-refractivity contribution in [3.8, 4) is 0 Å². The van der Waals surface area contributed by atoms with Crippen molar-refractivity contribution in [2.45, 2.75) is 6.42 Å². The van der Waals surface area contributed by atoms with Gasteiger partial charge in [0, 0.05) is 60.2 Å². The number of fused-ring (bicyclic) bond motifs is 1. The molecule has 9 heteroatoms. The Morgan fingerprint density at radius 1 is 0.971 bits per heavy atom. The number of hydrogen-bond acceptors (Lipinski definition) is 5. The Kier molecular flexibility index (Phi) is 6.14. The number of aromatic amines is 1. The summed E-state index contributed by atoms with van der Waals surface area (Å²) >= 11 is 6.01. The Morgan fingerprint density at radius 3 is 2.44 bits per heavy atom. The molecular weight excluding hydrogens is 452 g/mol. The Bertz CT molecular complexity index is 1310. The Labute approximate surface area is 201 Å². The summed E-state index contributed by atoms with van der Waals surface area (Å²) in [5.41, 5.74) is 2.83. The molecule has 172 valence electrons. The van der Waals surface area contributed by atoms with E-state index in [1.165, 1.54) is 0 Å². The van der Waals surface area contributed by atoms with Crippen LogP contribution in [0.1, 0.15) is 16.1 Å². The van der Waals surface area contributed by atoms with Crippen LogP contribution in [0.5, 0.6) is 0 Å². The van der Waals surface area contributed by atoms with E-state index in [0.29, 0.717) is 55.0 Å². The fraction of sp³-hybridized carbons (Fsp3) is 0.200. The maximum Gasteiger partial charge on any atom is 0.272 e. The second kappa shape index (κ2) is 9.52. The highest BCUT2D eigenvalue weighted by molar-refractivity contribution is 6.31. The summed E-state index contributed by atoms with van der Waals surface area (Å²) < 4.78 is 0. The third-order valence-corrected chi connectivity index (χ3v) is 6.10. The van der Waals surface area contributed by atoms with Crippen LogP contribution in [0, 0.1) is 0 Å². The molecule has 5 rings (SSSR count). The minimum Gasteiger partial charge on any atom is -0.350 e. The molecule has 1 saturated heterocycles. The van der Waals surface area contributed by atoms with Gasteiger partial charge in [0.2, 0.25) is 11.9 Å². The van der Waals surface area contributed by atoms with Gasteiger partial charge < -0.3 is 20.1 Å². The largest absolute Gasteiger partial charge is 0.350 e. The number of carbonyl (C=O) groups excluding carboxylic acids is 2. The van der Waals surface area contributed by atoms with E-state index in [4.69, 9.17) is 11.6 Å².